The number of ether oxygens (including phenoxy) is 6. The third-order valence-electron chi connectivity index (χ3n) is 8.32. The summed E-state index contributed by atoms with van der Waals surface area (Å²) in [6, 6.07) is 12.5. The van der Waals surface area contributed by atoms with E-state index in [0.29, 0.717) is 34.5 Å². The van der Waals surface area contributed by atoms with Crippen molar-refractivity contribution in [2.24, 2.45) is 5.41 Å². The van der Waals surface area contributed by atoms with Gasteiger partial charge < -0.3 is 28.4 Å². The predicted molar refractivity (Wildman–Crippen MR) is 135 cm³/mol. The Morgan fingerprint density at radius 3 is 0.806 bits per heavy atom. The van der Waals surface area contributed by atoms with E-state index >= 15 is 0 Å². The number of methoxy groups -OCH3 is 6. The van der Waals surface area contributed by atoms with E-state index in [-0.39, 0.29) is 17.8 Å². The molecule has 0 heterocycles. The van der Waals surface area contributed by atoms with Gasteiger partial charge in [0.25, 0.3) is 0 Å². The average Bonchev–Trinajstić information content (AvgIpc) is 3.48. The number of hydrogen-bond donors (Lipinski definition) is 0. The largest absolute Gasteiger partial charge is 0.493 e. The van der Waals surface area contributed by atoms with Crippen LogP contribution in [0.1, 0.15) is 51.1 Å². The minimum absolute atomic E-state index is 0.0634. The van der Waals surface area contributed by atoms with Crippen LogP contribution in [0.25, 0.3) is 0 Å². The summed E-state index contributed by atoms with van der Waals surface area (Å²) in [6.07, 6.45) is 6.55. The number of rotatable bonds is 6. The SMILES string of the molecule is C#CC12C3c4cc(OC)c(OC)cc4C1c1cc(OC)c(OC)cc1C2c1cc(OC)c(OC)cc13. The normalized spacial score (nSPS) is 23.6. The van der Waals surface area contributed by atoms with Crippen LogP contribution in [0, 0.1) is 17.8 Å². The fourth-order valence-corrected chi connectivity index (χ4v) is 7.03. The highest BCUT2D eigenvalue weighted by atomic mass is 16.5. The molecule has 3 aliphatic rings. The quantitative estimate of drug-likeness (QED) is 0.454. The molecular formula is C30H28O6. The maximum Gasteiger partial charge on any atom is 0.161 e. The lowest BCUT2D eigenvalue weighted by Crippen LogP contribution is -2.25. The molecular weight excluding hydrogens is 456 g/mol. The number of benzene rings is 3. The molecule has 3 aromatic carbocycles. The zero-order valence-electron chi connectivity index (χ0n) is 21.2. The first-order valence-corrected chi connectivity index (χ1v) is 11.8. The molecule has 0 bridgehead atoms. The Bertz CT molecular complexity index is 1190. The Hall–Kier alpha value is -3.98. The first kappa shape index (κ1) is 22.5. The highest BCUT2D eigenvalue weighted by molar-refractivity contribution is 5.75. The van der Waals surface area contributed by atoms with Crippen molar-refractivity contribution in [2.45, 2.75) is 17.8 Å². The van der Waals surface area contributed by atoms with Crippen LogP contribution in [0.5, 0.6) is 34.5 Å². The van der Waals surface area contributed by atoms with Crippen LogP contribution in [0.4, 0.5) is 0 Å². The second-order valence-electron chi connectivity index (χ2n) is 9.38. The molecule has 0 fully saturated rings. The van der Waals surface area contributed by atoms with Crippen LogP contribution in [0.3, 0.4) is 0 Å². The van der Waals surface area contributed by atoms with E-state index in [4.69, 9.17) is 34.8 Å². The summed E-state index contributed by atoms with van der Waals surface area (Å²) >= 11 is 0. The van der Waals surface area contributed by atoms with Crippen LogP contribution in [0.15, 0.2) is 36.4 Å². The third-order valence-corrected chi connectivity index (χ3v) is 8.32. The maximum absolute atomic E-state index is 6.55. The lowest BCUT2D eigenvalue weighted by molar-refractivity contribution is 0.354. The van der Waals surface area contributed by atoms with Crippen LogP contribution < -0.4 is 28.4 Å². The van der Waals surface area contributed by atoms with Gasteiger partial charge in [-0.25, -0.2) is 0 Å². The maximum atomic E-state index is 6.55. The Morgan fingerprint density at radius 1 is 0.472 bits per heavy atom. The highest BCUT2D eigenvalue weighted by Gasteiger charge is 2.67. The Morgan fingerprint density at radius 2 is 0.667 bits per heavy atom. The van der Waals surface area contributed by atoms with Gasteiger partial charge in [-0.2, -0.15) is 0 Å². The summed E-state index contributed by atoms with van der Waals surface area (Å²) < 4.78 is 34.2. The first-order valence-electron chi connectivity index (χ1n) is 11.8. The van der Waals surface area contributed by atoms with E-state index in [1.54, 1.807) is 42.7 Å². The zero-order valence-corrected chi connectivity index (χ0v) is 21.2. The topological polar surface area (TPSA) is 55.4 Å². The summed E-state index contributed by atoms with van der Waals surface area (Å²) in [5.41, 5.74) is 6.32. The van der Waals surface area contributed by atoms with E-state index in [2.05, 4.69) is 42.3 Å². The molecule has 0 N–H and O–H groups in total. The van der Waals surface area contributed by atoms with Gasteiger partial charge in [0.05, 0.1) is 48.1 Å². The average molecular weight is 485 g/mol. The van der Waals surface area contributed by atoms with Crippen LogP contribution in [0.2, 0.25) is 0 Å². The lowest BCUT2D eigenvalue weighted by atomic mass is 9.69. The fraction of sp³-hybridized carbons (Fsp3) is 0.333. The third kappa shape index (κ3) is 2.48. The highest BCUT2D eigenvalue weighted by Crippen LogP contribution is 2.77. The second kappa shape index (κ2) is 7.76. The molecule has 0 saturated carbocycles. The number of hydrogen-bond acceptors (Lipinski definition) is 6. The van der Waals surface area contributed by atoms with Crippen LogP contribution in [-0.2, 0) is 0 Å². The molecule has 0 atom stereocenters. The van der Waals surface area contributed by atoms with Crippen LogP contribution in [-0.4, -0.2) is 42.7 Å². The van der Waals surface area contributed by atoms with Gasteiger partial charge in [-0.1, -0.05) is 5.92 Å². The fourth-order valence-electron chi connectivity index (χ4n) is 7.03. The Labute approximate surface area is 211 Å². The molecule has 0 spiro atoms. The number of terminal acetylenes is 1. The molecule has 6 heteroatoms. The molecule has 6 nitrogen and oxygen atoms in total. The molecule has 3 aliphatic carbocycles. The molecule has 0 radical (unpaired) electrons. The van der Waals surface area contributed by atoms with E-state index in [9.17, 15) is 0 Å². The summed E-state index contributed by atoms with van der Waals surface area (Å²) in [7, 11) is 9.93. The lowest BCUT2D eigenvalue weighted by Gasteiger charge is -2.30. The van der Waals surface area contributed by atoms with Crippen molar-refractivity contribution < 1.29 is 28.4 Å². The van der Waals surface area contributed by atoms with Gasteiger partial charge in [-0.3, -0.25) is 0 Å². The van der Waals surface area contributed by atoms with Crippen molar-refractivity contribution in [3.05, 3.63) is 69.8 Å². The predicted octanol–water partition coefficient (Wildman–Crippen LogP) is 5.09. The van der Waals surface area contributed by atoms with Gasteiger partial charge in [-0.15, -0.1) is 6.42 Å². The van der Waals surface area contributed by atoms with Crippen molar-refractivity contribution in [3.8, 4) is 46.8 Å². The minimum Gasteiger partial charge on any atom is -0.493 e. The molecule has 3 aromatic rings. The van der Waals surface area contributed by atoms with Gasteiger partial charge in [0, 0.05) is 17.8 Å². The molecule has 0 saturated heterocycles. The molecule has 36 heavy (non-hydrogen) atoms. The van der Waals surface area contributed by atoms with Gasteiger partial charge in [0.2, 0.25) is 0 Å². The van der Waals surface area contributed by atoms with Crippen molar-refractivity contribution in [3.63, 3.8) is 0 Å². The summed E-state index contributed by atoms with van der Waals surface area (Å²) in [6.45, 7) is 0. The van der Waals surface area contributed by atoms with Crippen molar-refractivity contribution >= 4 is 0 Å². The standard InChI is InChI=1S/C30H28O6/c1-8-30-27-15-9-21(31-2)22(32-3)10-16(15)28(30)19-13-25(35-6)26(36-7)14-20(19)29(30)18-12-24(34-5)23(33-4)11-17(18)27/h1,9-14,27-29H,2-7H3. The summed E-state index contributed by atoms with van der Waals surface area (Å²) in [5, 5.41) is 0. The zero-order chi connectivity index (χ0) is 25.4. The van der Waals surface area contributed by atoms with Gasteiger partial charge >= 0.3 is 0 Å². The van der Waals surface area contributed by atoms with Gasteiger partial charge in [0.1, 0.15) is 0 Å². The van der Waals surface area contributed by atoms with E-state index in [0.717, 1.165) is 33.4 Å². The molecule has 0 aromatic heterocycles. The molecule has 0 aliphatic heterocycles. The molecule has 6 rings (SSSR count). The summed E-state index contributed by atoms with van der Waals surface area (Å²) in [4.78, 5) is 0. The molecule has 184 valence electrons. The smallest absolute Gasteiger partial charge is 0.161 e. The monoisotopic (exact) mass is 484 g/mol. The van der Waals surface area contributed by atoms with E-state index in [1.807, 2.05) is 0 Å². The Kier molecular flexibility index (Phi) is 4.85. The van der Waals surface area contributed by atoms with E-state index < -0.39 is 5.41 Å². The molecule has 0 unspecified atom stereocenters. The van der Waals surface area contributed by atoms with Crippen LogP contribution >= 0.6 is 0 Å². The summed E-state index contributed by atoms with van der Waals surface area (Å²) in [5.74, 6) is 7.22. The van der Waals surface area contributed by atoms with Crippen molar-refractivity contribution in [1.82, 2.24) is 0 Å². The van der Waals surface area contributed by atoms with Gasteiger partial charge in [-0.05, 0) is 69.8 Å². The Balaban J connectivity index is 1.76. The van der Waals surface area contributed by atoms with Crippen molar-refractivity contribution in [1.29, 1.82) is 0 Å². The minimum atomic E-state index is -0.556. The van der Waals surface area contributed by atoms with Gasteiger partial charge in [0.15, 0.2) is 34.5 Å². The second-order valence-corrected chi connectivity index (χ2v) is 9.38. The van der Waals surface area contributed by atoms with E-state index in [1.165, 1.54) is 0 Å². The van der Waals surface area contributed by atoms with Crippen molar-refractivity contribution in [2.75, 3.05) is 42.7 Å². The first-order chi connectivity index (χ1) is 17.5. The number of fused-ring (bicyclic) bond motifs is 9. The molecule has 0 amide bonds.